The molecule has 0 unspecified atom stereocenters. The third-order valence-electron chi connectivity index (χ3n) is 3.30. The van der Waals surface area contributed by atoms with Crippen molar-refractivity contribution < 1.29 is 9.53 Å². The van der Waals surface area contributed by atoms with E-state index in [-0.39, 0.29) is 5.91 Å². The van der Waals surface area contributed by atoms with Gasteiger partial charge >= 0.3 is 0 Å². The topological polar surface area (TPSA) is 53.6 Å². The maximum Gasteiger partial charge on any atom is 0.221 e. The quantitative estimate of drug-likeness (QED) is 0.712. The van der Waals surface area contributed by atoms with E-state index in [2.05, 4.69) is 15.5 Å². The van der Waals surface area contributed by atoms with E-state index in [0.29, 0.717) is 19.6 Å². The first kappa shape index (κ1) is 14.8. The summed E-state index contributed by atoms with van der Waals surface area (Å²) >= 11 is 0. The highest BCUT2D eigenvalue weighted by molar-refractivity contribution is 5.76. The van der Waals surface area contributed by atoms with E-state index in [9.17, 15) is 4.79 Å². The maximum atomic E-state index is 11.7. The molecule has 1 aromatic carbocycles. The number of nitrogens with zero attached hydrogens (tertiary/aromatic N) is 1. The standard InChI is InChI=1S/C15H23N3O2/c19-15(6-10-18-11-7-16-8-12-18)17-9-13-20-14-4-2-1-3-5-14/h1-5,16H,6-13H2,(H,17,19). The van der Waals surface area contributed by atoms with Gasteiger partial charge in [0.25, 0.3) is 0 Å². The van der Waals surface area contributed by atoms with Gasteiger partial charge < -0.3 is 20.3 Å². The number of amides is 1. The Balaban J connectivity index is 1.51. The Morgan fingerprint density at radius 3 is 2.75 bits per heavy atom. The van der Waals surface area contributed by atoms with Crippen molar-refractivity contribution in [2.45, 2.75) is 6.42 Å². The van der Waals surface area contributed by atoms with E-state index >= 15 is 0 Å². The second-order valence-electron chi connectivity index (χ2n) is 4.85. The van der Waals surface area contributed by atoms with Crippen LogP contribution in [0.2, 0.25) is 0 Å². The van der Waals surface area contributed by atoms with Crippen molar-refractivity contribution in [2.24, 2.45) is 0 Å². The van der Waals surface area contributed by atoms with Crippen LogP contribution in [0.5, 0.6) is 5.75 Å². The van der Waals surface area contributed by atoms with Crippen LogP contribution in [0.3, 0.4) is 0 Å². The zero-order valence-electron chi connectivity index (χ0n) is 11.8. The average Bonchev–Trinajstić information content (AvgIpc) is 2.52. The van der Waals surface area contributed by atoms with Gasteiger partial charge in [0.15, 0.2) is 0 Å². The van der Waals surface area contributed by atoms with Gasteiger partial charge in [-0.2, -0.15) is 0 Å². The minimum Gasteiger partial charge on any atom is -0.492 e. The van der Waals surface area contributed by atoms with Gasteiger partial charge in [-0.1, -0.05) is 18.2 Å². The van der Waals surface area contributed by atoms with Crippen molar-refractivity contribution in [3.8, 4) is 5.75 Å². The van der Waals surface area contributed by atoms with Gasteiger partial charge in [-0.05, 0) is 12.1 Å². The van der Waals surface area contributed by atoms with Crippen LogP contribution < -0.4 is 15.4 Å². The monoisotopic (exact) mass is 277 g/mol. The molecule has 0 radical (unpaired) electrons. The second-order valence-corrected chi connectivity index (χ2v) is 4.85. The van der Waals surface area contributed by atoms with Crippen LogP contribution in [0.4, 0.5) is 0 Å². The molecule has 0 spiro atoms. The van der Waals surface area contributed by atoms with E-state index < -0.39 is 0 Å². The molecule has 2 rings (SSSR count). The minimum atomic E-state index is 0.0974. The van der Waals surface area contributed by atoms with Crippen molar-refractivity contribution in [3.05, 3.63) is 30.3 Å². The Hall–Kier alpha value is -1.59. The molecule has 0 saturated carbocycles. The van der Waals surface area contributed by atoms with Gasteiger partial charge in [-0.3, -0.25) is 4.79 Å². The van der Waals surface area contributed by atoms with Crippen LogP contribution in [-0.2, 0) is 4.79 Å². The molecule has 5 nitrogen and oxygen atoms in total. The SMILES string of the molecule is O=C(CCN1CCNCC1)NCCOc1ccccc1. The highest BCUT2D eigenvalue weighted by Gasteiger charge is 2.10. The number of para-hydroxylation sites is 1. The maximum absolute atomic E-state index is 11.7. The summed E-state index contributed by atoms with van der Waals surface area (Å²) in [4.78, 5) is 14.0. The fourth-order valence-corrected chi connectivity index (χ4v) is 2.16. The molecule has 0 aromatic heterocycles. The number of carbonyl (C=O) groups is 1. The molecule has 0 atom stereocenters. The third kappa shape index (κ3) is 5.59. The largest absolute Gasteiger partial charge is 0.492 e. The Bertz CT molecular complexity index is 391. The third-order valence-corrected chi connectivity index (χ3v) is 3.30. The molecule has 5 heteroatoms. The zero-order chi connectivity index (χ0) is 14.0. The first-order valence-corrected chi connectivity index (χ1v) is 7.22. The van der Waals surface area contributed by atoms with Gasteiger partial charge in [0.1, 0.15) is 12.4 Å². The van der Waals surface area contributed by atoms with Crippen LogP contribution in [-0.4, -0.2) is 56.7 Å². The van der Waals surface area contributed by atoms with Gasteiger partial charge in [-0.15, -0.1) is 0 Å². The molecule has 1 aliphatic heterocycles. The normalized spacial score (nSPS) is 15.8. The van der Waals surface area contributed by atoms with Crippen molar-refractivity contribution >= 4 is 5.91 Å². The van der Waals surface area contributed by atoms with Crippen molar-refractivity contribution in [2.75, 3.05) is 45.9 Å². The Morgan fingerprint density at radius 1 is 1.25 bits per heavy atom. The zero-order valence-corrected chi connectivity index (χ0v) is 11.8. The predicted octanol–water partition coefficient (Wildman–Crippen LogP) is 0.477. The smallest absolute Gasteiger partial charge is 0.221 e. The highest BCUT2D eigenvalue weighted by Crippen LogP contribution is 2.07. The van der Waals surface area contributed by atoms with Crippen LogP contribution >= 0.6 is 0 Å². The van der Waals surface area contributed by atoms with Gasteiger partial charge in [0, 0.05) is 39.1 Å². The number of carbonyl (C=O) groups excluding carboxylic acids is 1. The van der Waals surface area contributed by atoms with Gasteiger partial charge in [-0.25, -0.2) is 0 Å². The first-order valence-electron chi connectivity index (χ1n) is 7.22. The lowest BCUT2D eigenvalue weighted by Gasteiger charge is -2.26. The molecular weight excluding hydrogens is 254 g/mol. The van der Waals surface area contributed by atoms with Crippen molar-refractivity contribution in [3.63, 3.8) is 0 Å². The number of hydrogen-bond acceptors (Lipinski definition) is 4. The summed E-state index contributed by atoms with van der Waals surface area (Å²) in [6, 6.07) is 9.63. The number of ether oxygens (including phenoxy) is 1. The molecule has 1 saturated heterocycles. The molecule has 1 heterocycles. The molecule has 1 amide bonds. The fourth-order valence-electron chi connectivity index (χ4n) is 2.16. The van der Waals surface area contributed by atoms with Crippen LogP contribution in [0.1, 0.15) is 6.42 Å². The summed E-state index contributed by atoms with van der Waals surface area (Å²) in [7, 11) is 0. The van der Waals surface area contributed by atoms with Crippen LogP contribution in [0, 0.1) is 0 Å². The van der Waals surface area contributed by atoms with Crippen LogP contribution in [0.25, 0.3) is 0 Å². The Morgan fingerprint density at radius 2 is 2.00 bits per heavy atom. The lowest BCUT2D eigenvalue weighted by Crippen LogP contribution is -2.44. The summed E-state index contributed by atoms with van der Waals surface area (Å²) in [5.74, 6) is 0.933. The van der Waals surface area contributed by atoms with E-state index in [4.69, 9.17) is 4.74 Å². The summed E-state index contributed by atoms with van der Waals surface area (Å²) in [6.45, 7) is 6.00. The summed E-state index contributed by atoms with van der Waals surface area (Å²) < 4.78 is 5.52. The lowest BCUT2D eigenvalue weighted by molar-refractivity contribution is -0.121. The summed E-state index contributed by atoms with van der Waals surface area (Å²) in [5, 5.41) is 6.19. The van der Waals surface area contributed by atoms with Crippen LogP contribution in [0.15, 0.2) is 30.3 Å². The molecular formula is C15H23N3O2. The van der Waals surface area contributed by atoms with E-state index in [1.165, 1.54) is 0 Å². The highest BCUT2D eigenvalue weighted by atomic mass is 16.5. The fraction of sp³-hybridized carbons (Fsp3) is 0.533. The predicted molar refractivity (Wildman–Crippen MR) is 78.9 cm³/mol. The Labute approximate surface area is 120 Å². The number of benzene rings is 1. The number of nitrogens with one attached hydrogen (secondary N) is 2. The Kier molecular flexibility index (Phi) is 6.34. The average molecular weight is 277 g/mol. The minimum absolute atomic E-state index is 0.0974. The summed E-state index contributed by atoms with van der Waals surface area (Å²) in [5.41, 5.74) is 0. The van der Waals surface area contributed by atoms with E-state index in [1.54, 1.807) is 0 Å². The van der Waals surface area contributed by atoms with Gasteiger partial charge in [0.05, 0.1) is 6.54 Å². The molecule has 1 aliphatic rings. The molecule has 20 heavy (non-hydrogen) atoms. The first-order chi connectivity index (χ1) is 9.84. The van der Waals surface area contributed by atoms with E-state index in [0.717, 1.165) is 38.5 Å². The van der Waals surface area contributed by atoms with E-state index in [1.807, 2.05) is 30.3 Å². The molecule has 110 valence electrons. The number of rotatable bonds is 7. The molecule has 1 fully saturated rings. The number of piperazine rings is 1. The number of hydrogen-bond donors (Lipinski definition) is 2. The summed E-state index contributed by atoms with van der Waals surface area (Å²) in [6.07, 6.45) is 0.561. The van der Waals surface area contributed by atoms with Gasteiger partial charge in [0.2, 0.25) is 5.91 Å². The van der Waals surface area contributed by atoms with Crippen molar-refractivity contribution in [1.82, 2.24) is 15.5 Å². The molecule has 0 aliphatic carbocycles. The molecule has 0 bridgehead atoms. The van der Waals surface area contributed by atoms with Crippen molar-refractivity contribution in [1.29, 1.82) is 0 Å². The molecule has 1 aromatic rings. The second kappa shape index (κ2) is 8.55. The molecule has 2 N–H and O–H groups in total. The lowest BCUT2D eigenvalue weighted by atomic mass is 10.3.